The molecule has 0 aliphatic carbocycles. The van der Waals surface area contributed by atoms with Crippen LogP contribution in [0, 0.1) is 12.8 Å². The predicted molar refractivity (Wildman–Crippen MR) is 105 cm³/mol. The fourth-order valence-corrected chi connectivity index (χ4v) is 3.66. The lowest BCUT2D eigenvalue weighted by Gasteiger charge is -2.33. The van der Waals surface area contributed by atoms with Gasteiger partial charge in [-0.25, -0.2) is 4.98 Å². The molecule has 0 atom stereocenters. The van der Waals surface area contributed by atoms with Crippen molar-refractivity contribution in [3.63, 3.8) is 0 Å². The van der Waals surface area contributed by atoms with Crippen LogP contribution in [0.1, 0.15) is 37.9 Å². The summed E-state index contributed by atoms with van der Waals surface area (Å²) in [5, 5.41) is 0. The number of hydrogen-bond donors (Lipinski definition) is 0. The van der Waals surface area contributed by atoms with Gasteiger partial charge in [-0.2, -0.15) is 4.98 Å². The van der Waals surface area contributed by atoms with Gasteiger partial charge in [0.1, 0.15) is 5.82 Å². The van der Waals surface area contributed by atoms with Gasteiger partial charge in [0.2, 0.25) is 5.95 Å². The maximum Gasteiger partial charge on any atom is 0.227 e. The van der Waals surface area contributed by atoms with Gasteiger partial charge < -0.3 is 9.80 Å². The second-order valence-electron chi connectivity index (χ2n) is 6.96. The van der Waals surface area contributed by atoms with Gasteiger partial charge in [-0.3, -0.25) is 0 Å². The van der Waals surface area contributed by atoms with Crippen molar-refractivity contribution in [1.82, 2.24) is 9.97 Å². The molecule has 134 valence electrons. The van der Waals surface area contributed by atoms with Gasteiger partial charge >= 0.3 is 0 Å². The molecular weight excluding hydrogens is 308 g/mol. The molecule has 1 aromatic heterocycles. The van der Waals surface area contributed by atoms with E-state index in [-0.39, 0.29) is 0 Å². The van der Waals surface area contributed by atoms with E-state index in [0.717, 1.165) is 49.6 Å². The number of nitrogens with zero attached hydrogens (tertiary/aromatic N) is 4. The molecule has 0 amide bonds. The smallest absolute Gasteiger partial charge is 0.227 e. The number of benzene rings is 1. The molecule has 0 saturated carbocycles. The minimum absolute atomic E-state index is 0.781. The molecule has 0 bridgehead atoms. The van der Waals surface area contributed by atoms with E-state index in [1.165, 1.54) is 24.8 Å². The van der Waals surface area contributed by atoms with Crippen LogP contribution in [0.5, 0.6) is 0 Å². The topological polar surface area (TPSA) is 32.3 Å². The lowest BCUT2D eigenvalue weighted by molar-refractivity contribution is 0.402. The van der Waals surface area contributed by atoms with Crippen LogP contribution < -0.4 is 9.80 Å². The van der Waals surface area contributed by atoms with Gasteiger partial charge in [0.15, 0.2) is 0 Å². The molecule has 3 rings (SSSR count). The first kappa shape index (κ1) is 17.7. The molecular formula is C21H30N4. The number of aryl methyl sites for hydroxylation is 1. The molecule has 2 heterocycles. The van der Waals surface area contributed by atoms with Crippen molar-refractivity contribution in [2.24, 2.45) is 5.92 Å². The zero-order chi connectivity index (χ0) is 17.6. The molecule has 2 aromatic rings. The summed E-state index contributed by atoms with van der Waals surface area (Å²) >= 11 is 0. The summed E-state index contributed by atoms with van der Waals surface area (Å²) in [6.45, 7) is 10.4. The van der Waals surface area contributed by atoms with Crippen LogP contribution in [-0.2, 0) is 6.42 Å². The third kappa shape index (κ3) is 4.50. The van der Waals surface area contributed by atoms with E-state index < -0.39 is 0 Å². The summed E-state index contributed by atoms with van der Waals surface area (Å²) in [6.07, 6.45) is 3.67. The fourth-order valence-electron chi connectivity index (χ4n) is 3.66. The van der Waals surface area contributed by atoms with Crippen LogP contribution in [0.15, 0.2) is 36.4 Å². The quantitative estimate of drug-likeness (QED) is 0.794. The first-order valence-electron chi connectivity index (χ1n) is 9.59. The van der Waals surface area contributed by atoms with E-state index in [2.05, 4.69) is 72.0 Å². The van der Waals surface area contributed by atoms with E-state index in [0.29, 0.717) is 0 Å². The van der Waals surface area contributed by atoms with E-state index in [4.69, 9.17) is 4.98 Å². The second kappa shape index (κ2) is 8.32. The van der Waals surface area contributed by atoms with Crippen molar-refractivity contribution in [2.75, 3.05) is 36.0 Å². The van der Waals surface area contributed by atoms with Crippen LogP contribution in [0.3, 0.4) is 0 Å². The van der Waals surface area contributed by atoms with Gasteiger partial charge in [-0.15, -0.1) is 0 Å². The fraction of sp³-hybridized carbons (Fsp3) is 0.524. The van der Waals surface area contributed by atoms with E-state index in [1.54, 1.807) is 0 Å². The molecule has 0 radical (unpaired) electrons. The molecule has 4 heteroatoms. The summed E-state index contributed by atoms with van der Waals surface area (Å²) in [4.78, 5) is 14.1. The Morgan fingerprint density at radius 1 is 1.04 bits per heavy atom. The summed E-state index contributed by atoms with van der Waals surface area (Å²) in [5.74, 6) is 2.74. The average Bonchev–Trinajstić information content (AvgIpc) is 2.64. The van der Waals surface area contributed by atoms with Crippen LogP contribution in [0.4, 0.5) is 11.8 Å². The molecule has 1 saturated heterocycles. The zero-order valence-corrected chi connectivity index (χ0v) is 15.8. The van der Waals surface area contributed by atoms with Crippen molar-refractivity contribution in [3.8, 4) is 0 Å². The lowest BCUT2D eigenvalue weighted by Crippen LogP contribution is -2.35. The highest BCUT2D eigenvalue weighted by Gasteiger charge is 2.21. The number of rotatable bonds is 6. The van der Waals surface area contributed by atoms with Crippen molar-refractivity contribution in [3.05, 3.63) is 47.7 Å². The highest BCUT2D eigenvalue weighted by molar-refractivity contribution is 5.46. The van der Waals surface area contributed by atoms with Gasteiger partial charge in [-0.1, -0.05) is 30.3 Å². The highest BCUT2D eigenvalue weighted by Crippen LogP contribution is 2.26. The maximum absolute atomic E-state index is 4.85. The van der Waals surface area contributed by atoms with Crippen LogP contribution in [-0.4, -0.2) is 36.1 Å². The first-order chi connectivity index (χ1) is 12.2. The number of piperidine rings is 1. The molecule has 0 spiro atoms. The Balaban J connectivity index is 1.64. The Morgan fingerprint density at radius 3 is 2.36 bits per heavy atom. The van der Waals surface area contributed by atoms with Gasteiger partial charge in [0.05, 0.1) is 0 Å². The third-order valence-corrected chi connectivity index (χ3v) is 5.18. The first-order valence-corrected chi connectivity index (χ1v) is 9.59. The van der Waals surface area contributed by atoms with Crippen molar-refractivity contribution < 1.29 is 0 Å². The molecule has 0 unspecified atom stereocenters. The summed E-state index contributed by atoms with van der Waals surface area (Å²) in [6, 6.07) is 13.0. The molecule has 4 nitrogen and oxygen atoms in total. The second-order valence-corrected chi connectivity index (χ2v) is 6.96. The van der Waals surface area contributed by atoms with Gasteiger partial charge in [-0.05, 0) is 51.5 Å². The molecule has 1 aliphatic heterocycles. The lowest BCUT2D eigenvalue weighted by atomic mass is 9.90. The van der Waals surface area contributed by atoms with Crippen molar-refractivity contribution >= 4 is 11.8 Å². The molecule has 1 aromatic carbocycles. The van der Waals surface area contributed by atoms with Crippen molar-refractivity contribution in [1.29, 1.82) is 0 Å². The predicted octanol–water partition coefficient (Wildman–Crippen LogP) is 4.09. The largest absolute Gasteiger partial charge is 0.356 e. The van der Waals surface area contributed by atoms with Crippen molar-refractivity contribution in [2.45, 2.75) is 40.0 Å². The normalized spacial score (nSPS) is 15.4. The molecule has 0 N–H and O–H groups in total. The number of anilines is 2. The number of aromatic nitrogens is 2. The molecule has 1 fully saturated rings. The van der Waals surface area contributed by atoms with E-state index in [9.17, 15) is 0 Å². The summed E-state index contributed by atoms with van der Waals surface area (Å²) in [7, 11) is 0. The standard InChI is InChI=1S/C21H30N4/c1-4-24(5-2)21-22-17(3)15-20(23-21)25-13-11-19(12-14-25)16-18-9-7-6-8-10-18/h6-10,15,19H,4-5,11-14,16H2,1-3H3. The number of hydrogen-bond acceptors (Lipinski definition) is 4. The van der Waals surface area contributed by atoms with E-state index in [1.807, 2.05) is 0 Å². The van der Waals surface area contributed by atoms with E-state index >= 15 is 0 Å². The van der Waals surface area contributed by atoms with Gasteiger partial charge in [0.25, 0.3) is 0 Å². The highest BCUT2D eigenvalue weighted by atomic mass is 15.3. The Hall–Kier alpha value is -2.10. The Bertz CT molecular complexity index is 659. The average molecular weight is 338 g/mol. The minimum atomic E-state index is 0.781. The SMILES string of the molecule is CCN(CC)c1nc(C)cc(N2CCC(Cc3ccccc3)CC2)n1. The van der Waals surface area contributed by atoms with Crippen LogP contribution in [0.25, 0.3) is 0 Å². The maximum atomic E-state index is 4.85. The van der Waals surface area contributed by atoms with Crippen LogP contribution >= 0.6 is 0 Å². The molecule has 1 aliphatic rings. The Morgan fingerprint density at radius 2 is 1.72 bits per heavy atom. The summed E-state index contributed by atoms with van der Waals surface area (Å²) in [5.41, 5.74) is 2.51. The Kier molecular flexibility index (Phi) is 5.90. The molecule has 25 heavy (non-hydrogen) atoms. The monoisotopic (exact) mass is 338 g/mol. The minimum Gasteiger partial charge on any atom is -0.356 e. The van der Waals surface area contributed by atoms with Gasteiger partial charge in [0, 0.05) is 37.9 Å². The third-order valence-electron chi connectivity index (χ3n) is 5.18. The zero-order valence-electron chi connectivity index (χ0n) is 15.8. The van der Waals surface area contributed by atoms with Crippen LogP contribution in [0.2, 0.25) is 0 Å². The summed E-state index contributed by atoms with van der Waals surface area (Å²) < 4.78 is 0. The Labute approximate surface area is 151 Å².